The number of carbonyl (C=O) groups excluding carboxylic acids is 1. The van der Waals surface area contributed by atoms with Crippen LogP contribution in [0.1, 0.15) is 60.1 Å². The number of nitrogens with one attached hydrogen (secondary N) is 2. The second kappa shape index (κ2) is 12.1. The van der Waals surface area contributed by atoms with Crippen molar-refractivity contribution in [2.75, 3.05) is 25.6 Å². The molecule has 1 amide bonds. The molecule has 0 radical (unpaired) electrons. The molecule has 1 atom stereocenters. The molecule has 2 aromatic rings. The van der Waals surface area contributed by atoms with E-state index >= 15 is 0 Å². The molecule has 34 heavy (non-hydrogen) atoms. The predicted octanol–water partition coefficient (Wildman–Crippen LogP) is 4.68. The zero-order valence-corrected chi connectivity index (χ0v) is 20.4. The highest BCUT2D eigenvalue weighted by atomic mass is 35.5. The van der Waals surface area contributed by atoms with Crippen LogP contribution in [-0.4, -0.2) is 42.4 Å². The summed E-state index contributed by atoms with van der Waals surface area (Å²) in [5.41, 5.74) is 3.14. The number of aliphatic carboxylic acids is 1. The highest BCUT2D eigenvalue weighted by molar-refractivity contribution is 6.33. The summed E-state index contributed by atoms with van der Waals surface area (Å²) in [6.45, 7) is 2.60. The Morgan fingerprint density at radius 1 is 1.15 bits per heavy atom. The second-order valence-corrected chi connectivity index (χ2v) is 9.28. The molecule has 0 spiro atoms. The van der Waals surface area contributed by atoms with Gasteiger partial charge in [0.25, 0.3) is 5.91 Å². The highest BCUT2D eigenvalue weighted by Gasteiger charge is 2.26. The van der Waals surface area contributed by atoms with E-state index in [1.165, 1.54) is 0 Å². The first-order chi connectivity index (χ1) is 16.3. The van der Waals surface area contributed by atoms with Crippen LogP contribution in [0.5, 0.6) is 5.75 Å². The first kappa shape index (κ1) is 25.8. The zero-order valence-electron chi connectivity index (χ0n) is 19.6. The summed E-state index contributed by atoms with van der Waals surface area (Å²) < 4.78 is 5.50. The SMILES string of the molecule is COc1ccc(CCO)cc1[C@H](C)Nc1ccc(C(=O)NC[C@H]2CC[C@H](C(=O)O)CC2)cc1Cl. The fraction of sp³-hybridized carbons (Fsp3) is 0.462. The molecule has 184 valence electrons. The van der Waals surface area contributed by atoms with Gasteiger partial charge in [-0.2, -0.15) is 0 Å². The molecule has 8 heteroatoms. The number of methoxy groups -OCH3 is 1. The minimum atomic E-state index is -0.726. The zero-order chi connectivity index (χ0) is 24.7. The van der Waals surface area contributed by atoms with Crippen molar-refractivity contribution >= 4 is 29.2 Å². The van der Waals surface area contributed by atoms with Crippen molar-refractivity contribution in [3.63, 3.8) is 0 Å². The number of benzene rings is 2. The predicted molar refractivity (Wildman–Crippen MR) is 133 cm³/mol. The van der Waals surface area contributed by atoms with Crippen LogP contribution < -0.4 is 15.4 Å². The molecule has 0 heterocycles. The molecule has 1 fully saturated rings. The van der Waals surface area contributed by atoms with Gasteiger partial charge < -0.3 is 25.6 Å². The van der Waals surface area contributed by atoms with Gasteiger partial charge in [-0.1, -0.05) is 17.7 Å². The quantitative estimate of drug-likeness (QED) is 0.387. The Labute approximate surface area is 205 Å². The minimum absolute atomic E-state index is 0.0759. The summed E-state index contributed by atoms with van der Waals surface area (Å²) in [5.74, 6) is -0.137. The number of aliphatic hydroxyl groups excluding tert-OH is 1. The standard InChI is InChI=1S/C26H33ClN2O5/c1-16(21-13-17(11-12-30)5-10-24(21)34-2)29-23-9-8-20(14-22(23)27)25(31)28-15-18-3-6-19(7-4-18)26(32)33/h5,8-10,13-14,16,18-19,29-30H,3-4,6-7,11-12,15H2,1-2H3,(H,28,31)(H,32,33)/t16-,18-,19-/m0/s1. The van der Waals surface area contributed by atoms with Gasteiger partial charge in [-0.25, -0.2) is 0 Å². The molecule has 0 aliphatic heterocycles. The number of rotatable bonds is 10. The summed E-state index contributed by atoms with van der Waals surface area (Å²) >= 11 is 6.49. The maximum Gasteiger partial charge on any atom is 0.306 e. The van der Waals surface area contributed by atoms with E-state index in [9.17, 15) is 14.7 Å². The number of aliphatic hydroxyl groups is 1. The van der Waals surface area contributed by atoms with Gasteiger partial charge in [0.15, 0.2) is 0 Å². The summed E-state index contributed by atoms with van der Waals surface area (Å²) in [5, 5.41) is 25.1. The first-order valence-electron chi connectivity index (χ1n) is 11.7. The largest absolute Gasteiger partial charge is 0.496 e. The molecule has 4 N–H and O–H groups in total. The van der Waals surface area contributed by atoms with E-state index in [1.807, 2.05) is 25.1 Å². The molecule has 0 saturated heterocycles. The van der Waals surface area contributed by atoms with Crippen LogP contribution in [0.4, 0.5) is 5.69 Å². The van der Waals surface area contributed by atoms with Gasteiger partial charge in [0.05, 0.1) is 29.8 Å². The third-order valence-electron chi connectivity index (χ3n) is 6.51. The Morgan fingerprint density at radius 2 is 1.88 bits per heavy atom. The number of halogens is 1. The molecular formula is C26H33ClN2O5. The normalized spacial score (nSPS) is 18.7. The van der Waals surface area contributed by atoms with Crippen LogP contribution in [0.15, 0.2) is 36.4 Å². The van der Waals surface area contributed by atoms with Crippen molar-refractivity contribution in [1.29, 1.82) is 0 Å². The smallest absolute Gasteiger partial charge is 0.306 e. The summed E-state index contributed by atoms with van der Waals surface area (Å²) in [6, 6.07) is 10.9. The van der Waals surface area contributed by atoms with Crippen molar-refractivity contribution in [1.82, 2.24) is 5.32 Å². The maximum absolute atomic E-state index is 12.6. The van der Waals surface area contributed by atoms with Crippen molar-refractivity contribution in [2.24, 2.45) is 11.8 Å². The lowest BCUT2D eigenvalue weighted by molar-refractivity contribution is -0.143. The van der Waals surface area contributed by atoms with Gasteiger partial charge in [0, 0.05) is 24.3 Å². The van der Waals surface area contributed by atoms with Crippen molar-refractivity contribution < 1.29 is 24.5 Å². The maximum atomic E-state index is 12.6. The molecule has 1 aliphatic rings. The van der Waals surface area contributed by atoms with Gasteiger partial charge in [0.1, 0.15) is 5.75 Å². The van der Waals surface area contributed by atoms with Crippen LogP contribution >= 0.6 is 11.6 Å². The lowest BCUT2D eigenvalue weighted by Gasteiger charge is -2.26. The van der Waals surface area contributed by atoms with Gasteiger partial charge in [-0.3, -0.25) is 9.59 Å². The molecule has 3 rings (SSSR count). The van der Waals surface area contributed by atoms with E-state index in [0.29, 0.717) is 48.0 Å². The van der Waals surface area contributed by atoms with Crippen LogP contribution in [0.3, 0.4) is 0 Å². The Hall–Kier alpha value is -2.77. The van der Waals surface area contributed by atoms with E-state index < -0.39 is 5.97 Å². The Bertz CT molecular complexity index is 1000. The van der Waals surface area contributed by atoms with Crippen LogP contribution in [0.2, 0.25) is 5.02 Å². The topological polar surface area (TPSA) is 108 Å². The van der Waals surface area contributed by atoms with Crippen LogP contribution in [0.25, 0.3) is 0 Å². The molecule has 1 aliphatic carbocycles. The number of carbonyl (C=O) groups is 2. The number of anilines is 1. The average Bonchev–Trinajstić information content (AvgIpc) is 2.84. The van der Waals surface area contributed by atoms with Crippen LogP contribution in [0, 0.1) is 11.8 Å². The molecule has 1 saturated carbocycles. The first-order valence-corrected chi connectivity index (χ1v) is 12.0. The number of carboxylic acids is 1. The number of ether oxygens (including phenoxy) is 1. The van der Waals surface area contributed by atoms with Gasteiger partial charge >= 0.3 is 5.97 Å². The highest BCUT2D eigenvalue weighted by Crippen LogP contribution is 2.32. The molecule has 0 aromatic heterocycles. The summed E-state index contributed by atoms with van der Waals surface area (Å²) in [4.78, 5) is 23.7. The fourth-order valence-electron chi connectivity index (χ4n) is 4.44. The fourth-order valence-corrected chi connectivity index (χ4v) is 4.68. The van der Waals surface area contributed by atoms with E-state index in [2.05, 4.69) is 10.6 Å². The van der Waals surface area contributed by atoms with Crippen LogP contribution in [-0.2, 0) is 11.2 Å². The Kier molecular flexibility index (Phi) is 9.19. The lowest BCUT2D eigenvalue weighted by atomic mass is 9.82. The van der Waals surface area contributed by atoms with Crippen molar-refractivity contribution in [2.45, 2.75) is 45.1 Å². The number of carboxylic acid groups (broad SMARTS) is 1. The van der Waals surface area contributed by atoms with Gasteiger partial charge in [-0.15, -0.1) is 0 Å². The number of hydrogen-bond acceptors (Lipinski definition) is 5. The Morgan fingerprint density at radius 3 is 2.50 bits per heavy atom. The van der Waals surface area contributed by atoms with Crippen molar-refractivity contribution in [3.05, 3.63) is 58.1 Å². The van der Waals surface area contributed by atoms with E-state index in [0.717, 1.165) is 29.7 Å². The third-order valence-corrected chi connectivity index (χ3v) is 6.82. The number of amides is 1. The molecular weight excluding hydrogens is 456 g/mol. The monoisotopic (exact) mass is 488 g/mol. The second-order valence-electron chi connectivity index (χ2n) is 8.88. The number of hydrogen-bond donors (Lipinski definition) is 4. The minimum Gasteiger partial charge on any atom is -0.496 e. The Balaban J connectivity index is 1.60. The average molecular weight is 489 g/mol. The van der Waals surface area contributed by atoms with E-state index in [-0.39, 0.29) is 24.5 Å². The lowest BCUT2D eigenvalue weighted by Crippen LogP contribution is -2.32. The molecule has 0 unspecified atom stereocenters. The molecule has 7 nitrogen and oxygen atoms in total. The van der Waals surface area contributed by atoms with Gasteiger partial charge in [0.2, 0.25) is 0 Å². The van der Waals surface area contributed by atoms with Crippen molar-refractivity contribution in [3.8, 4) is 5.75 Å². The van der Waals surface area contributed by atoms with E-state index in [1.54, 1.807) is 25.3 Å². The van der Waals surface area contributed by atoms with Gasteiger partial charge in [-0.05, 0) is 80.8 Å². The summed E-state index contributed by atoms with van der Waals surface area (Å²) in [7, 11) is 1.62. The third kappa shape index (κ3) is 6.64. The summed E-state index contributed by atoms with van der Waals surface area (Å²) in [6.07, 6.45) is 3.50. The van der Waals surface area contributed by atoms with E-state index in [4.69, 9.17) is 21.4 Å². The molecule has 2 aromatic carbocycles. The molecule has 0 bridgehead atoms.